The zero-order valence-corrected chi connectivity index (χ0v) is 43.5. The van der Waals surface area contributed by atoms with E-state index in [9.17, 15) is 0 Å². The summed E-state index contributed by atoms with van der Waals surface area (Å²) in [5.41, 5.74) is 21.2. The molecule has 0 atom stereocenters. The van der Waals surface area contributed by atoms with E-state index in [0.717, 1.165) is 95.8 Å². The summed E-state index contributed by atoms with van der Waals surface area (Å²) in [7, 11) is 0. The molecular weight excluding hydrogens is 880 g/mol. The van der Waals surface area contributed by atoms with Crippen molar-refractivity contribution in [1.29, 1.82) is 0 Å². The minimum absolute atomic E-state index is 0.0753. The first kappa shape index (κ1) is 43.3. The molecule has 0 saturated carbocycles. The highest BCUT2D eigenvalue weighted by atomic mass is 16.5. The van der Waals surface area contributed by atoms with Crippen molar-refractivity contribution >= 4 is 95.6 Å². The fourth-order valence-corrected chi connectivity index (χ4v) is 12.2. The second kappa shape index (κ2) is 14.1. The van der Waals surface area contributed by atoms with Gasteiger partial charge in [0.1, 0.15) is 5.65 Å². The molecule has 0 amide bonds. The number of hydrogen-bond acceptors (Lipinski definition) is 5. The predicted octanol–water partition coefficient (Wildman–Crippen LogP) is 15.9. The van der Waals surface area contributed by atoms with E-state index in [0.29, 0.717) is 0 Å². The maximum Gasteiger partial charge on any atom is 0.252 e. The number of anilines is 6. The summed E-state index contributed by atoms with van der Waals surface area (Å²) >= 11 is 0. The van der Waals surface area contributed by atoms with Crippen LogP contribution in [0.15, 0.2) is 140 Å². The maximum atomic E-state index is 7.28. The van der Waals surface area contributed by atoms with Crippen molar-refractivity contribution in [2.24, 2.45) is 0 Å². The van der Waals surface area contributed by atoms with Crippen molar-refractivity contribution in [3.63, 3.8) is 0 Å². The maximum absolute atomic E-state index is 7.28. The summed E-state index contributed by atoms with van der Waals surface area (Å²) in [4.78, 5) is 10.6. The number of hydrogen-bond donors (Lipinski definition) is 0. The van der Waals surface area contributed by atoms with E-state index >= 15 is 0 Å². The van der Waals surface area contributed by atoms with Crippen molar-refractivity contribution in [1.82, 2.24) is 9.38 Å². The number of fused-ring (bicyclic) bond motifs is 16. The van der Waals surface area contributed by atoms with Gasteiger partial charge in [0.05, 0.1) is 39.3 Å². The third-order valence-corrected chi connectivity index (χ3v) is 16.1. The van der Waals surface area contributed by atoms with Gasteiger partial charge in [-0.15, -0.1) is 0 Å². The van der Waals surface area contributed by atoms with Gasteiger partial charge in [0, 0.05) is 27.7 Å². The van der Waals surface area contributed by atoms with Crippen molar-refractivity contribution in [3.05, 3.63) is 162 Å². The average Bonchev–Trinajstić information content (AvgIpc) is 3.74. The first-order chi connectivity index (χ1) is 34.2. The summed E-state index contributed by atoms with van der Waals surface area (Å²) in [5, 5.41) is 3.55. The van der Waals surface area contributed by atoms with Crippen LogP contribution in [-0.2, 0) is 21.7 Å². The van der Waals surface area contributed by atoms with Gasteiger partial charge in [0.15, 0.2) is 23.0 Å². The van der Waals surface area contributed by atoms with Crippen LogP contribution in [0.5, 0.6) is 23.0 Å². The number of pyridine rings is 1. The standard InChI is InChI=1S/C65H59BN4O2/c1-62(2,3)37-24-26-49-53(32-37)71-55-34-39(64(7,8)9)30-45-59(55)68(49)51-28-36(41-21-17-22-47-58(41)70-48-23-16-15-19-43(48)42-18-13-14-20-44(42)61(70)67-47)29-52-57(51)66(45)46-31-40(65(10,11)12)35-56-60(46)69(52)50-27-25-38(63(4,5)6)33-54(50)72-56/h13-35H,1-12H3. The van der Waals surface area contributed by atoms with E-state index < -0.39 is 0 Å². The summed E-state index contributed by atoms with van der Waals surface area (Å²) in [6.45, 7) is 27.4. The third-order valence-electron chi connectivity index (χ3n) is 16.1. The highest BCUT2D eigenvalue weighted by Gasteiger charge is 2.49. The Labute approximate surface area is 422 Å². The Bertz CT molecular complexity index is 3900. The largest absolute Gasteiger partial charge is 0.453 e. The molecule has 0 unspecified atom stereocenters. The molecule has 8 aromatic carbocycles. The van der Waals surface area contributed by atoms with E-state index in [2.05, 4.69) is 237 Å². The van der Waals surface area contributed by atoms with Crippen molar-refractivity contribution in [3.8, 4) is 34.1 Å². The van der Waals surface area contributed by atoms with Crippen LogP contribution in [0.4, 0.5) is 34.1 Å². The Morgan fingerprint density at radius 1 is 0.431 bits per heavy atom. The molecule has 10 aromatic rings. The number of ether oxygens (including phenoxy) is 2. The van der Waals surface area contributed by atoms with Gasteiger partial charge in [-0.2, -0.15) is 0 Å². The molecule has 0 bridgehead atoms. The molecule has 4 aliphatic heterocycles. The Morgan fingerprint density at radius 2 is 0.917 bits per heavy atom. The molecule has 2 aromatic heterocycles. The highest BCUT2D eigenvalue weighted by molar-refractivity contribution is 7.00. The van der Waals surface area contributed by atoms with Crippen molar-refractivity contribution in [2.75, 3.05) is 9.80 Å². The van der Waals surface area contributed by atoms with Gasteiger partial charge < -0.3 is 19.3 Å². The van der Waals surface area contributed by atoms with Crippen LogP contribution in [0.2, 0.25) is 0 Å². The van der Waals surface area contributed by atoms with Crippen molar-refractivity contribution in [2.45, 2.75) is 105 Å². The summed E-state index contributed by atoms with van der Waals surface area (Å²) in [5.74, 6) is 3.50. The molecule has 4 aliphatic rings. The first-order valence-electron chi connectivity index (χ1n) is 25.7. The van der Waals surface area contributed by atoms with Gasteiger partial charge in [-0.05, 0) is 132 Å². The lowest BCUT2D eigenvalue weighted by atomic mass is 9.33. The molecule has 0 aliphatic carbocycles. The summed E-state index contributed by atoms with van der Waals surface area (Å²) < 4.78 is 17.0. The van der Waals surface area contributed by atoms with Crippen LogP contribution in [-0.4, -0.2) is 16.1 Å². The lowest BCUT2D eigenvalue weighted by Crippen LogP contribution is -2.62. The van der Waals surface area contributed by atoms with E-state index in [1.54, 1.807) is 0 Å². The van der Waals surface area contributed by atoms with Crippen LogP contribution < -0.4 is 35.7 Å². The highest BCUT2D eigenvalue weighted by Crippen LogP contribution is 2.58. The van der Waals surface area contributed by atoms with Crippen LogP contribution in [0.1, 0.15) is 105 Å². The predicted molar refractivity (Wildman–Crippen MR) is 302 cm³/mol. The number of benzene rings is 8. The van der Waals surface area contributed by atoms with Gasteiger partial charge in [-0.3, -0.25) is 4.40 Å². The average molecular weight is 939 g/mol. The Morgan fingerprint density at radius 3 is 1.44 bits per heavy atom. The topological polar surface area (TPSA) is 42.2 Å². The van der Waals surface area contributed by atoms with Crippen LogP contribution in [0.3, 0.4) is 0 Å². The quantitative estimate of drug-likeness (QED) is 0.121. The molecule has 7 heteroatoms. The SMILES string of the molecule is CC(C)(C)c1ccc2c(c1)Oc1cc(C(C)(C)C)cc3c1N2c1cc(-c2cccc4nc5c6ccccc6c6ccccc6n5c24)cc2c1B3c1cc(C(C)(C)C)cc3c1N2c1ccc(C(C)(C)C)cc1O3. The minimum atomic E-state index is -0.150. The number of para-hydroxylation sites is 2. The molecule has 0 radical (unpaired) electrons. The molecule has 0 spiro atoms. The minimum Gasteiger partial charge on any atom is -0.453 e. The molecule has 14 rings (SSSR count). The normalized spacial score (nSPS) is 14.5. The second-order valence-corrected chi connectivity index (χ2v) is 24.9. The summed E-state index contributed by atoms with van der Waals surface area (Å²) in [6, 6.07) is 52.5. The molecule has 354 valence electrons. The van der Waals surface area contributed by atoms with Crippen LogP contribution in [0.25, 0.3) is 49.5 Å². The van der Waals surface area contributed by atoms with Gasteiger partial charge in [0.25, 0.3) is 6.71 Å². The number of rotatable bonds is 1. The second-order valence-electron chi connectivity index (χ2n) is 24.9. The van der Waals surface area contributed by atoms with E-state index in [4.69, 9.17) is 14.5 Å². The smallest absolute Gasteiger partial charge is 0.252 e. The van der Waals surface area contributed by atoms with Crippen LogP contribution in [0, 0.1) is 0 Å². The van der Waals surface area contributed by atoms with Gasteiger partial charge >= 0.3 is 0 Å². The molecule has 0 saturated heterocycles. The van der Waals surface area contributed by atoms with Gasteiger partial charge in [-0.25, -0.2) is 4.98 Å². The Balaban J connectivity index is 1.15. The number of imidazole rings is 1. The molecule has 0 fully saturated rings. The summed E-state index contributed by atoms with van der Waals surface area (Å²) in [6.07, 6.45) is 0. The number of aromatic nitrogens is 2. The van der Waals surface area contributed by atoms with Crippen LogP contribution >= 0.6 is 0 Å². The van der Waals surface area contributed by atoms with Gasteiger partial charge in [0.2, 0.25) is 0 Å². The molecule has 72 heavy (non-hydrogen) atoms. The first-order valence-corrected chi connectivity index (χ1v) is 25.7. The lowest BCUT2D eigenvalue weighted by Gasteiger charge is -2.48. The Hall–Kier alpha value is -7.51. The number of nitrogens with zero attached hydrogens (tertiary/aromatic N) is 4. The monoisotopic (exact) mass is 938 g/mol. The molecular formula is C65H59BN4O2. The third kappa shape index (κ3) is 6.00. The van der Waals surface area contributed by atoms with E-state index in [-0.39, 0.29) is 28.4 Å². The van der Waals surface area contributed by atoms with Gasteiger partial charge in [-0.1, -0.05) is 162 Å². The lowest BCUT2D eigenvalue weighted by molar-refractivity contribution is 0.469. The van der Waals surface area contributed by atoms with Crippen molar-refractivity contribution < 1.29 is 9.47 Å². The Kier molecular flexibility index (Phi) is 8.49. The fourth-order valence-electron chi connectivity index (χ4n) is 12.2. The molecule has 6 nitrogen and oxygen atoms in total. The zero-order chi connectivity index (χ0) is 49.7. The fraction of sp³-hybridized carbons (Fsp3) is 0.246. The van der Waals surface area contributed by atoms with E-state index in [1.165, 1.54) is 49.4 Å². The zero-order valence-electron chi connectivity index (χ0n) is 43.5. The van der Waals surface area contributed by atoms with E-state index in [1.807, 2.05) is 0 Å². The molecule has 0 N–H and O–H groups in total. The molecule has 6 heterocycles.